The molecule has 1 rings (SSSR count). The summed E-state index contributed by atoms with van der Waals surface area (Å²) >= 11 is 3.43. The predicted molar refractivity (Wildman–Crippen MR) is 52.5 cm³/mol. The number of hydrogen-bond acceptors (Lipinski definition) is 2. The quantitative estimate of drug-likeness (QED) is 0.687. The second kappa shape index (κ2) is 3.28. The summed E-state index contributed by atoms with van der Waals surface area (Å²) in [6.07, 6.45) is 1.04. The van der Waals surface area contributed by atoms with Gasteiger partial charge in [-0.3, -0.25) is 0 Å². The van der Waals surface area contributed by atoms with Crippen molar-refractivity contribution in [3.8, 4) is 0 Å². The summed E-state index contributed by atoms with van der Waals surface area (Å²) in [6, 6.07) is 0. The molecule has 0 aromatic rings. The van der Waals surface area contributed by atoms with E-state index in [-0.39, 0.29) is 17.5 Å². The molecular formula is C9H17BrO2. The zero-order chi connectivity index (χ0) is 9.41. The fraction of sp³-hybridized carbons (Fsp3) is 1.00. The average molecular weight is 237 g/mol. The van der Waals surface area contributed by atoms with Gasteiger partial charge in [-0.1, -0.05) is 22.9 Å². The maximum absolute atomic E-state index is 5.84. The smallest absolute Gasteiger partial charge is 0.166 e. The number of ether oxygens (including phenoxy) is 2. The van der Waals surface area contributed by atoms with Crippen molar-refractivity contribution in [2.75, 3.05) is 5.33 Å². The molecule has 0 saturated carbocycles. The Morgan fingerprint density at radius 3 is 2.17 bits per heavy atom. The van der Waals surface area contributed by atoms with E-state index in [9.17, 15) is 0 Å². The molecule has 1 aliphatic rings. The molecule has 0 bridgehead atoms. The van der Waals surface area contributed by atoms with Crippen molar-refractivity contribution < 1.29 is 9.47 Å². The first-order valence-corrected chi connectivity index (χ1v) is 5.49. The van der Waals surface area contributed by atoms with E-state index in [2.05, 4.69) is 36.7 Å². The van der Waals surface area contributed by atoms with Crippen molar-refractivity contribution in [2.45, 2.75) is 51.6 Å². The van der Waals surface area contributed by atoms with Crippen molar-refractivity contribution in [1.82, 2.24) is 0 Å². The third-order valence-corrected chi connectivity index (χ3v) is 3.02. The van der Waals surface area contributed by atoms with E-state index in [1.165, 1.54) is 0 Å². The van der Waals surface area contributed by atoms with E-state index < -0.39 is 0 Å². The Labute approximate surface area is 82.7 Å². The highest BCUT2D eigenvalue weighted by molar-refractivity contribution is 9.09. The van der Waals surface area contributed by atoms with Gasteiger partial charge in [0.05, 0.1) is 11.7 Å². The largest absolute Gasteiger partial charge is 0.343 e. The fourth-order valence-electron chi connectivity index (χ4n) is 1.46. The number of hydrogen-bond donors (Lipinski definition) is 0. The first-order chi connectivity index (χ1) is 5.43. The van der Waals surface area contributed by atoms with E-state index in [4.69, 9.17) is 9.47 Å². The van der Waals surface area contributed by atoms with Gasteiger partial charge in [0.2, 0.25) is 0 Å². The third-order valence-electron chi connectivity index (χ3n) is 2.43. The van der Waals surface area contributed by atoms with Gasteiger partial charge < -0.3 is 9.47 Å². The van der Waals surface area contributed by atoms with E-state index in [0.29, 0.717) is 0 Å². The van der Waals surface area contributed by atoms with Gasteiger partial charge in [-0.2, -0.15) is 0 Å². The van der Waals surface area contributed by atoms with Crippen LogP contribution in [-0.2, 0) is 9.47 Å². The summed E-state index contributed by atoms with van der Waals surface area (Å²) in [5.41, 5.74) is -0.172. The molecule has 0 amide bonds. The molecule has 3 heteroatoms. The zero-order valence-corrected chi connectivity index (χ0v) is 9.77. The van der Waals surface area contributed by atoms with Crippen LogP contribution in [0.3, 0.4) is 0 Å². The minimum atomic E-state index is -0.387. The van der Waals surface area contributed by atoms with Crippen molar-refractivity contribution in [3.05, 3.63) is 0 Å². The average Bonchev–Trinajstić information content (AvgIpc) is 2.22. The Kier molecular flexibility index (Phi) is 2.86. The summed E-state index contributed by atoms with van der Waals surface area (Å²) in [7, 11) is 0. The van der Waals surface area contributed by atoms with Gasteiger partial charge >= 0.3 is 0 Å². The first-order valence-electron chi connectivity index (χ1n) is 4.37. The fourth-order valence-corrected chi connectivity index (χ4v) is 2.37. The Morgan fingerprint density at radius 2 is 1.92 bits per heavy atom. The second-order valence-electron chi connectivity index (χ2n) is 3.95. The lowest BCUT2D eigenvalue weighted by molar-refractivity contribution is -0.172. The van der Waals surface area contributed by atoms with Crippen molar-refractivity contribution in [2.24, 2.45) is 0 Å². The van der Waals surface area contributed by atoms with Crippen LogP contribution in [0.25, 0.3) is 0 Å². The number of rotatable bonds is 2. The summed E-state index contributed by atoms with van der Waals surface area (Å²) < 4.78 is 11.6. The maximum atomic E-state index is 5.84. The minimum Gasteiger partial charge on any atom is -0.343 e. The highest BCUT2D eigenvalue weighted by Gasteiger charge is 2.47. The van der Waals surface area contributed by atoms with Gasteiger partial charge in [0.15, 0.2) is 5.79 Å². The van der Waals surface area contributed by atoms with E-state index in [1.807, 2.05) is 6.92 Å². The Bertz CT molecular complexity index is 167. The van der Waals surface area contributed by atoms with Crippen LogP contribution >= 0.6 is 15.9 Å². The van der Waals surface area contributed by atoms with Crippen LogP contribution in [-0.4, -0.2) is 22.8 Å². The van der Waals surface area contributed by atoms with Gasteiger partial charge in [0, 0.05) is 5.33 Å². The van der Waals surface area contributed by atoms with Crippen LogP contribution < -0.4 is 0 Å². The van der Waals surface area contributed by atoms with Crippen LogP contribution in [0.15, 0.2) is 0 Å². The minimum absolute atomic E-state index is 0.155. The molecule has 0 aromatic carbocycles. The molecule has 12 heavy (non-hydrogen) atoms. The van der Waals surface area contributed by atoms with Gasteiger partial charge in [-0.05, 0) is 27.2 Å². The molecule has 2 unspecified atom stereocenters. The Morgan fingerprint density at radius 1 is 1.33 bits per heavy atom. The van der Waals surface area contributed by atoms with Crippen molar-refractivity contribution in [1.29, 1.82) is 0 Å². The molecule has 0 aromatic heterocycles. The lowest BCUT2D eigenvalue weighted by Crippen LogP contribution is -2.34. The monoisotopic (exact) mass is 236 g/mol. The van der Waals surface area contributed by atoms with Crippen LogP contribution in [0, 0.1) is 0 Å². The van der Waals surface area contributed by atoms with E-state index in [0.717, 1.165) is 11.8 Å². The molecular weight excluding hydrogens is 220 g/mol. The van der Waals surface area contributed by atoms with Crippen LogP contribution in [0.5, 0.6) is 0 Å². The van der Waals surface area contributed by atoms with E-state index in [1.54, 1.807) is 0 Å². The zero-order valence-electron chi connectivity index (χ0n) is 8.19. The molecule has 1 aliphatic heterocycles. The van der Waals surface area contributed by atoms with Crippen LogP contribution in [0.2, 0.25) is 0 Å². The summed E-state index contributed by atoms with van der Waals surface area (Å²) in [5.74, 6) is -0.387. The standard InChI is InChI=1S/C9H17BrO2/c1-5-9(4)11-7(6-10)8(2,3)12-9/h7H,5-6H2,1-4H3. The first kappa shape index (κ1) is 10.5. The van der Waals surface area contributed by atoms with E-state index >= 15 is 0 Å². The molecule has 72 valence electrons. The van der Waals surface area contributed by atoms with Crippen LogP contribution in [0.1, 0.15) is 34.1 Å². The summed E-state index contributed by atoms with van der Waals surface area (Å²) in [5, 5.41) is 0.829. The highest BCUT2D eigenvalue weighted by atomic mass is 79.9. The van der Waals surface area contributed by atoms with Crippen LogP contribution in [0.4, 0.5) is 0 Å². The van der Waals surface area contributed by atoms with Gasteiger partial charge in [-0.25, -0.2) is 0 Å². The SMILES string of the molecule is CCC1(C)OC(CBr)C(C)(C)O1. The second-order valence-corrected chi connectivity index (χ2v) is 4.60. The number of halogens is 1. The molecule has 0 N–H and O–H groups in total. The molecule has 1 fully saturated rings. The Balaban J connectivity index is 2.72. The molecule has 0 spiro atoms. The highest BCUT2D eigenvalue weighted by Crippen LogP contribution is 2.38. The predicted octanol–water partition coefficient (Wildman–Crippen LogP) is 2.70. The molecule has 1 saturated heterocycles. The number of alkyl halides is 1. The Hall–Kier alpha value is 0.400. The molecule has 2 nitrogen and oxygen atoms in total. The summed E-state index contributed by atoms with van der Waals surface area (Å²) in [4.78, 5) is 0. The van der Waals surface area contributed by atoms with Crippen molar-refractivity contribution >= 4 is 15.9 Å². The lowest BCUT2D eigenvalue weighted by atomic mass is 10.0. The molecule has 0 radical (unpaired) electrons. The van der Waals surface area contributed by atoms with Gasteiger partial charge in [0.25, 0.3) is 0 Å². The lowest BCUT2D eigenvalue weighted by Gasteiger charge is -2.24. The van der Waals surface area contributed by atoms with Crippen molar-refractivity contribution in [3.63, 3.8) is 0 Å². The summed E-state index contributed by atoms with van der Waals surface area (Å²) in [6.45, 7) is 8.21. The maximum Gasteiger partial charge on any atom is 0.166 e. The molecule has 0 aliphatic carbocycles. The molecule has 1 heterocycles. The van der Waals surface area contributed by atoms with Gasteiger partial charge in [-0.15, -0.1) is 0 Å². The topological polar surface area (TPSA) is 18.5 Å². The normalized spacial score (nSPS) is 40.2. The molecule has 2 atom stereocenters. The van der Waals surface area contributed by atoms with Gasteiger partial charge in [0.1, 0.15) is 0 Å². The third kappa shape index (κ3) is 1.83.